The van der Waals surface area contributed by atoms with Crippen LogP contribution < -0.4 is 9.47 Å². The Labute approximate surface area is 165 Å². The average molecular weight is 392 g/mol. The number of halogens is 1. The van der Waals surface area contributed by atoms with Gasteiger partial charge in [0.05, 0.1) is 20.8 Å². The van der Waals surface area contributed by atoms with Crippen LogP contribution in [0.1, 0.15) is 23.6 Å². The van der Waals surface area contributed by atoms with Crippen molar-refractivity contribution < 1.29 is 19.0 Å². The van der Waals surface area contributed by atoms with Crippen molar-refractivity contribution in [3.8, 4) is 11.5 Å². The highest BCUT2D eigenvalue weighted by Gasteiger charge is 2.17. The maximum atomic E-state index is 12.4. The van der Waals surface area contributed by atoms with Crippen LogP contribution in [-0.2, 0) is 17.7 Å². The van der Waals surface area contributed by atoms with Gasteiger partial charge in [0.15, 0.2) is 0 Å². The largest absolute Gasteiger partial charge is 0.497 e. The zero-order valence-corrected chi connectivity index (χ0v) is 17.0. The Morgan fingerprint density at radius 1 is 1.11 bits per heavy atom. The molecule has 6 heteroatoms. The molecule has 0 heterocycles. The van der Waals surface area contributed by atoms with Crippen molar-refractivity contribution in [3.63, 3.8) is 0 Å². The Morgan fingerprint density at radius 2 is 1.89 bits per heavy atom. The molecular formula is C21H26ClNO4. The number of methoxy groups -OCH3 is 2. The zero-order valence-electron chi connectivity index (χ0n) is 16.3. The number of carbonyl (C=O) groups is 1. The lowest BCUT2D eigenvalue weighted by molar-refractivity contribution is 0.105. The number of amides is 1. The molecule has 0 atom stereocenters. The summed E-state index contributed by atoms with van der Waals surface area (Å²) in [5.74, 6) is 1.51. The van der Waals surface area contributed by atoms with Gasteiger partial charge in [-0.3, -0.25) is 0 Å². The fourth-order valence-electron chi connectivity index (χ4n) is 2.91. The molecule has 0 aliphatic rings. The van der Waals surface area contributed by atoms with Gasteiger partial charge in [0.25, 0.3) is 0 Å². The third-order valence-electron chi connectivity index (χ3n) is 4.14. The monoisotopic (exact) mass is 391 g/mol. The summed E-state index contributed by atoms with van der Waals surface area (Å²) >= 11 is 6.16. The summed E-state index contributed by atoms with van der Waals surface area (Å²) in [6, 6.07) is 11.4. The van der Waals surface area contributed by atoms with Crippen LogP contribution in [0, 0.1) is 6.92 Å². The fraction of sp³-hybridized carbons (Fsp3) is 0.381. The fourth-order valence-corrected chi connectivity index (χ4v) is 3.22. The summed E-state index contributed by atoms with van der Waals surface area (Å²) in [5.41, 5.74) is 2.98. The molecule has 0 aliphatic heterocycles. The highest BCUT2D eigenvalue weighted by molar-refractivity contribution is 6.30. The maximum Gasteiger partial charge on any atom is 0.410 e. The van der Waals surface area contributed by atoms with Crippen molar-refractivity contribution in [3.05, 3.63) is 58.1 Å². The highest BCUT2D eigenvalue weighted by Crippen LogP contribution is 2.25. The van der Waals surface area contributed by atoms with E-state index < -0.39 is 0 Å². The van der Waals surface area contributed by atoms with Crippen LogP contribution >= 0.6 is 11.6 Å². The van der Waals surface area contributed by atoms with Gasteiger partial charge in [0.2, 0.25) is 0 Å². The van der Waals surface area contributed by atoms with Crippen LogP contribution in [0.3, 0.4) is 0 Å². The van der Waals surface area contributed by atoms with Crippen molar-refractivity contribution in [1.29, 1.82) is 0 Å². The zero-order chi connectivity index (χ0) is 19.8. The molecular weight excluding hydrogens is 366 g/mol. The number of nitrogens with zero attached hydrogens (tertiary/aromatic N) is 1. The summed E-state index contributed by atoms with van der Waals surface area (Å²) < 4.78 is 15.9. The molecule has 0 spiro atoms. The molecule has 0 aromatic heterocycles. The normalized spacial score (nSPS) is 10.4. The van der Waals surface area contributed by atoms with Gasteiger partial charge in [-0.05, 0) is 67.3 Å². The minimum Gasteiger partial charge on any atom is -0.497 e. The predicted molar refractivity (Wildman–Crippen MR) is 107 cm³/mol. The van der Waals surface area contributed by atoms with Crippen molar-refractivity contribution in [2.45, 2.75) is 26.8 Å². The smallest absolute Gasteiger partial charge is 0.410 e. The molecule has 0 radical (unpaired) electrons. The van der Waals surface area contributed by atoms with E-state index >= 15 is 0 Å². The number of ether oxygens (including phenoxy) is 3. The SMILES string of the molecule is CCOC(=O)N(CCc1cc(OC)ccc1OC)Cc1cc(C)cc(Cl)c1. The van der Waals surface area contributed by atoms with E-state index in [1.807, 2.05) is 43.3 Å². The van der Waals surface area contributed by atoms with E-state index in [0.717, 1.165) is 28.2 Å². The Morgan fingerprint density at radius 3 is 2.52 bits per heavy atom. The molecule has 0 saturated heterocycles. The van der Waals surface area contributed by atoms with E-state index in [0.29, 0.717) is 31.1 Å². The number of benzene rings is 2. The van der Waals surface area contributed by atoms with Gasteiger partial charge in [0, 0.05) is 18.1 Å². The van der Waals surface area contributed by atoms with Gasteiger partial charge < -0.3 is 19.1 Å². The third kappa shape index (κ3) is 6.07. The maximum absolute atomic E-state index is 12.4. The summed E-state index contributed by atoms with van der Waals surface area (Å²) in [4.78, 5) is 14.1. The van der Waals surface area contributed by atoms with Crippen molar-refractivity contribution in [2.75, 3.05) is 27.4 Å². The van der Waals surface area contributed by atoms with E-state index in [1.165, 1.54) is 0 Å². The van der Waals surface area contributed by atoms with E-state index in [-0.39, 0.29) is 6.09 Å². The van der Waals surface area contributed by atoms with Gasteiger partial charge >= 0.3 is 6.09 Å². The Hall–Kier alpha value is -2.40. The Bertz CT molecular complexity index is 759. The molecule has 146 valence electrons. The van der Waals surface area contributed by atoms with Crippen molar-refractivity contribution >= 4 is 17.7 Å². The van der Waals surface area contributed by atoms with Gasteiger partial charge in [-0.1, -0.05) is 17.7 Å². The van der Waals surface area contributed by atoms with E-state index in [1.54, 1.807) is 26.0 Å². The van der Waals surface area contributed by atoms with Gasteiger partial charge in [-0.2, -0.15) is 0 Å². The highest BCUT2D eigenvalue weighted by atomic mass is 35.5. The standard InChI is InChI=1S/C21H26ClNO4/c1-5-27-21(24)23(14-16-10-15(2)11-18(22)12-16)9-8-17-13-19(25-3)6-7-20(17)26-4/h6-7,10-13H,5,8-9,14H2,1-4H3. The molecule has 1 amide bonds. The molecule has 0 bridgehead atoms. The first-order chi connectivity index (χ1) is 13.0. The van der Waals surface area contributed by atoms with Crippen LogP contribution in [-0.4, -0.2) is 38.4 Å². The molecule has 0 unspecified atom stereocenters. The van der Waals surface area contributed by atoms with Crippen LogP contribution in [0.25, 0.3) is 0 Å². The lowest BCUT2D eigenvalue weighted by Crippen LogP contribution is -2.33. The molecule has 0 fully saturated rings. The Kier molecular flexibility index (Phi) is 7.80. The van der Waals surface area contributed by atoms with E-state index in [2.05, 4.69) is 0 Å². The summed E-state index contributed by atoms with van der Waals surface area (Å²) in [7, 11) is 3.25. The van der Waals surface area contributed by atoms with Crippen LogP contribution in [0.15, 0.2) is 36.4 Å². The van der Waals surface area contributed by atoms with Crippen LogP contribution in [0.5, 0.6) is 11.5 Å². The van der Waals surface area contributed by atoms with Crippen molar-refractivity contribution in [2.24, 2.45) is 0 Å². The number of hydrogen-bond donors (Lipinski definition) is 0. The molecule has 2 aromatic carbocycles. The van der Waals surface area contributed by atoms with E-state index in [9.17, 15) is 4.79 Å². The Balaban J connectivity index is 2.18. The quantitative estimate of drug-likeness (QED) is 0.644. The van der Waals surface area contributed by atoms with Gasteiger partial charge in [0.1, 0.15) is 11.5 Å². The molecule has 0 saturated carbocycles. The second kappa shape index (κ2) is 10.1. The second-order valence-electron chi connectivity index (χ2n) is 6.19. The van der Waals surface area contributed by atoms with E-state index in [4.69, 9.17) is 25.8 Å². The first kappa shape index (κ1) is 20.9. The molecule has 2 rings (SSSR count). The van der Waals surface area contributed by atoms with Crippen LogP contribution in [0.4, 0.5) is 4.79 Å². The number of hydrogen-bond acceptors (Lipinski definition) is 4. The molecule has 5 nitrogen and oxygen atoms in total. The minimum absolute atomic E-state index is 0.326. The lowest BCUT2D eigenvalue weighted by Gasteiger charge is -2.23. The van der Waals surface area contributed by atoms with Gasteiger partial charge in [-0.15, -0.1) is 0 Å². The average Bonchev–Trinajstić information content (AvgIpc) is 2.64. The topological polar surface area (TPSA) is 48.0 Å². The van der Waals surface area contributed by atoms with Crippen molar-refractivity contribution in [1.82, 2.24) is 4.90 Å². The molecule has 0 aliphatic carbocycles. The minimum atomic E-state index is -0.350. The molecule has 2 aromatic rings. The van der Waals surface area contributed by atoms with Gasteiger partial charge in [-0.25, -0.2) is 4.79 Å². The number of carbonyl (C=O) groups excluding carboxylic acids is 1. The molecule has 27 heavy (non-hydrogen) atoms. The number of aryl methyl sites for hydroxylation is 1. The summed E-state index contributed by atoms with van der Waals surface area (Å²) in [6.45, 7) is 5.00. The summed E-state index contributed by atoms with van der Waals surface area (Å²) in [6.07, 6.45) is 0.260. The predicted octanol–water partition coefficient (Wildman–Crippen LogP) is 4.87. The summed E-state index contributed by atoms with van der Waals surface area (Å²) in [5, 5.41) is 0.656. The van der Waals surface area contributed by atoms with Crippen LogP contribution in [0.2, 0.25) is 5.02 Å². The third-order valence-corrected chi connectivity index (χ3v) is 4.36. The lowest BCUT2D eigenvalue weighted by atomic mass is 10.1. The first-order valence-electron chi connectivity index (χ1n) is 8.85. The molecule has 0 N–H and O–H groups in total. The number of rotatable bonds is 8. The second-order valence-corrected chi connectivity index (χ2v) is 6.62. The first-order valence-corrected chi connectivity index (χ1v) is 9.23.